The number of sulfonamides is 1. The monoisotopic (exact) mass is 210 g/mol. The molecule has 0 radical (unpaired) electrons. The third-order valence-electron chi connectivity index (χ3n) is 1.27. The minimum absolute atomic E-state index is 0.142. The first-order valence-electron chi connectivity index (χ1n) is 3.76. The molecule has 0 aliphatic rings. The first kappa shape index (κ1) is 12.3. The van der Waals surface area contributed by atoms with Crippen LogP contribution in [0.15, 0.2) is 0 Å². The highest BCUT2D eigenvalue weighted by Crippen LogP contribution is 1.90. The molecule has 0 aromatic rings. The van der Waals surface area contributed by atoms with Crippen molar-refractivity contribution in [2.75, 3.05) is 26.0 Å². The van der Waals surface area contributed by atoms with E-state index in [-0.39, 0.29) is 25.3 Å². The van der Waals surface area contributed by atoms with Crippen molar-refractivity contribution in [1.82, 2.24) is 4.72 Å². The number of rotatable bonds is 6. The molecule has 0 amide bonds. The van der Waals surface area contributed by atoms with Crippen LogP contribution in [0.5, 0.6) is 0 Å². The van der Waals surface area contributed by atoms with Gasteiger partial charge in [0.2, 0.25) is 10.0 Å². The Hall–Kier alpha value is -0.660. The van der Waals surface area contributed by atoms with E-state index in [1.807, 2.05) is 0 Å². The van der Waals surface area contributed by atoms with Gasteiger partial charge in [-0.05, 0) is 0 Å². The second kappa shape index (κ2) is 5.90. The van der Waals surface area contributed by atoms with E-state index in [9.17, 15) is 13.2 Å². The molecule has 0 aromatic carbocycles. The van der Waals surface area contributed by atoms with Crippen LogP contribution in [0.1, 0.15) is 6.42 Å². The van der Waals surface area contributed by atoms with Gasteiger partial charge in [0.15, 0.2) is 0 Å². The molecular formula is C6H14N2O4S. The average Bonchev–Trinajstić information content (AvgIpc) is 2.11. The number of ether oxygens (including phenoxy) is 1. The predicted octanol–water partition coefficient (Wildman–Crippen LogP) is -1.57. The second-order valence-corrected chi connectivity index (χ2v) is 4.25. The summed E-state index contributed by atoms with van der Waals surface area (Å²) in [6.07, 6.45) is -0.142. The Labute approximate surface area is 77.5 Å². The Balaban J connectivity index is 3.83. The maximum Gasteiger partial charge on any atom is 0.306 e. The molecular weight excluding hydrogens is 196 g/mol. The molecule has 13 heavy (non-hydrogen) atoms. The van der Waals surface area contributed by atoms with Gasteiger partial charge in [0.05, 0.1) is 19.3 Å². The molecule has 0 fully saturated rings. The number of carbonyl (C=O) groups is 1. The van der Waals surface area contributed by atoms with Crippen molar-refractivity contribution in [3.63, 3.8) is 0 Å². The molecule has 0 saturated carbocycles. The van der Waals surface area contributed by atoms with E-state index >= 15 is 0 Å². The van der Waals surface area contributed by atoms with Crippen LogP contribution in [0, 0.1) is 0 Å². The van der Waals surface area contributed by atoms with Crippen LogP contribution in [0.25, 0.3) is 0 Å². The Kier molecular flexibility index (Phi) is 5.60. The van der Waals surface area contributed by atoms with E-state index in [1.54, 1.807) is 0 Å². The van der Waals surface area contributed by atoms with Crippen LogP contribution in [-0.2, 0) is 19.6 Å². The van der Waals surface area contributed by atoms with Gasteiger partial charge in [-0.2, -0.15) is 0 Å². The summed E-state index contributed by atoms with van der Waals surface area (Å²) in [4.78, 5) is 10.6. The van der Waals surface area contributed by atoms with Crippen LogP contribution < -0.4 is 10.5 Å². The number of carbonyl (C=O) groups excluding carboxylic acids is 1. The molecule has 6 nitrogen and oxygen atoms in total. The lowest BCUT2D eigenvalue weighted by molar-refractivity contribution is -0.140. The van der Waals surface area contributed by atoms with E-state index in [2.05, 4.69) is 9.46 Å². The van der Waals surface area contributed by atoms with Gasteiger partial charge in [-0.3, -0.25) is 4.79 Å². The van der Waals surface area contributed by atoms with E-state index < -0.39 is 16.0 Å². The van der Waals surface area contributed by atoms with E-state index in [4.69, 9.17) is 5.73 Å². The molecule has 7 heteroatoms. The lowest BCUT2D eigenvalue weighted by Gasteiger charge is -2.03. The lowest BCUT2D eigenvalue weighted by atomic mass is 10.5. The molecule has 0 rings (SSSR count). The summed E-state index contributed by atoms with van der Waals surface area (Å²) in [6, 6.07) is 0. The fourth-order valence-electron chi connectivity index (χ4n) is 0.606. The standard InChI is InChI=1S/C6H14N2O4S/c1-12-6(9)2-5-13(10,11)8-4-3-7/h8H,2-5,7H2,1H3. The van der Waals surface area contributed by atoms with Crippen LogP contribution in [0.3, 0.4) is 0 Å². The van der Waals surface area contributed by atoms with Gasteiger partial charge in [0, 0.05) is 13.1 Å². The number of esters is 1. The molecule has 0 heterocycles. The molecule has 78 valence electrons. The van der Waals surface area contributed by atoms with Crippen molar-refractivity contribution in [3.8, 4) is 0 Å². The number of nitrogens with one attached hydrogen (secondary N) is 1. The third-order valence-corrected chi connectivity index (χ3v) is 2.65. The zero-order valence-corrected chi connectivity index (χ0v) is 8.26. The van der Waals surface area contributed by atoms with Gasteiger partial charge in [-0.25, -0.2) is 13.1 Å². The Bertz CT molecular complexity index is 249. The molecule has 0 spiro atoms. The topological polar surface area (TPSA) is 98.5 Å². The fraction of sp³-hybridized carbons (Fsp3) is 0.833. The maximum atomic E-state index is 11.0. The largest absolute Gasteiger partial charge is 0.469 e. The summed E-state index contributed by atoms with van der Waals surface area (Å²) in [7, 11) is -2.17. The predicted molar refractivity (Wildman–Crippen MR) is 47.5 cm³/mol. The van der Waals surface area contributed by atoms with Gasteiger partial charge >= 0.3 is 5.97 Å². The summed E-state index contributed by atoms with van der Waals surface area (Å²) < 4.78 is 28.6. The van der Waals surface area contributed by atoms with Gasteiger partial charge in [0.25, 0.3) is 0 Å². The average molecular weight is 210 g/mol. The molecule has 0 atom stereocenters. The maximum absolute atomic E-state index is 11.0. The van der Waals surface area contributed by atoms with Gasteiger partial charge in [0.1, 0.15) is 0 Å². The van der Waals surface area contributed by atoms with E-state index in [0.29, 0.717) is 0 Å². The van der Waals surface area contributed by atoms with Crippen LogP contribution in [0.4, 0.5) is 0 Å². The summed E-state index contributed by atoms with van der Waals surface area (Å²) in [6.45, 7) is 0.418. The molecule has 3 N–H and O–H groups in total. The van der Waals surface area contributed by atoms with E-state index in [0.717, 1.165) is 0 Å². The smallest absolute Gasteiger partial charge is 0.306 e. The van der Waals surface area contributed by atoms with Crippen molar-refractivity contribution in [1.29, 1.82) is 0 Å². The number of hydrogen-bond acceptors (Lipinski definition) is 5. The van der Waals surface area contributed by atoms with E-state index in [1.165, 1.54) is 7.11 Å². The highest BCUT2D eigenvalue weighted by Gasteiger charge is 2.11. The van der Waals surface area contributed by atoms with Crippen LogP contribution in [0.2, 0.25) is 0 Å². The van der Waals surface area contributed by atoms with Crippen LogP contribution in [-0.4, -0.2) is 40.3 Å². The molecule has 0 aromatic heterocycles. The first-order chi connectivity index (χ1) is 6.02. The van der Waals surface area contributed by atoms with Crippen molar-refractivity contribution in [2.24, 2.45) is 5.73 Å². The van der Waals surface area contributed by atoms with Crippen molar-refractivity contribution in [2.45, 2.75) is 6.42 Å². The minimum Gasteiger partial charge on any atom is -0.469 e. The summed E-state index contributed by atoms with van der Waals surface area (Å²) in [5.41, 5.74) is 5.10. The molecule has 0 bridgehead atoms. The normalized spacial score (nSPS) is 11.2. The van der Waals surface area contributed by atoms with Crippen molar-refractivity contribution >= 4 is 16.0 Å². The second-order valence-electron chi connectivity index (χ2n) is 2.33. The lowest BCUT2D eigenvalue weighted by Crippen LogP contribution is -2.31. The number of nitrogens with two attached hydrogens (primary N) is 1. The van der Waals surface area contributed by atoms with Crippen molar-refractivity contribution in [3.05, 3.63) is 0 Å². The zero-order chi connectivity index (χ0) is 10.3. The van der Waals surface area contributed by atoms with Gasteiger partial charge in [-0.1, -0.05) is 0 Å². The molecule has 0 saturated heterocycles. The molecule has 0 aliphatic heterocycles. The van der Waals surface area contributed by atoms with Crippen molar-refractivity contribution < 1.29 is 17.9 Å². The number of methoxy groups -OCH3 is 1. The van der Waals surface area contributed by atoms with Gasteiger partial charge < -0.3 is 10.5 Å². The van der Waals surface area contributed by atoms with Gasteiger partial charge in [-0.15, -0.1) is 0 Å². The summed E-state index contributed by atoms with van der Waals surface area (Å²) in [5, 5.41) is 0. The summed E-state index contributed by atoms with van der Waals surface area (Å²) in [5.74, 6) is -0.808. The highest BCUT2D eigenvalue weighted by atomic mass is 32.2. The zero-order valence-electron chi connectivity index (χ0n) is 7.45. The molecule has 0 aliphatic carbocycles. The molecule has 0 unspecified atom stereocenters. The fourth-order valence-corrected chi connectivity index (χ4v) is 1.61. The Morgan fingerprint density at radius 2 is 2.15 bits per heavy atom. The van der Waals surface area contributed by atoms with Crippen LogP contribution >= 0.6 is 0 Å². The highest BCUT2D eigenvalue weighted by molar-refractivity contribution is 7.89. The first-order valence-corrected chi connectivity index (χ1v) is 5.41. The Morgan fingerprint density at radius 1 is 1.54 bits per heavy atom. The third kappa shape index (κ3) is 6.50. The quantitative estimate of drug-likeness (QED) is 0.516. The SMILES string of the molecule is COC(=O)CCS(=O)(=O)NCCN. The Morgan fingerprint density at radius 3 is 2.62 bits per heavy atom. The number of hydrogen-bond donors (Lipinski definition) is 2. The minimum atomic E-state index is -3.38. The summed E-state index contributed by atoms with van der Waals surface area (Å²) >= 11 is 0.